The van der Waals surface area contributed by atoms with E-state index in [-0.39, 0.29) is 42.0 Å². The standard InChI is InChI=1S/C37H44FN5O4/c1-2-18-40-36(46)34-28(14-13-27-7-3-4-9-31(27)34)17-20-42-21-22-43(30(25-42)8-6-23-44)37(47)33(24-26-11-15-29(38)16-12-26)41-35(45)32-10-5-19-39-32/h2-4,7,9,11-16,23,30,32-33,39H,1,5-6,8,10,17-22,24-25H2,(H,40,46)(H,41,45)/t30-,32?,33?/m0/s1. The fourth-order valence-electron chi connectivity index (χ4n) is 6.68. The summed E-state index contributed by atoms with van der Waals surface area (Å²) in [5, 5.41) is 11.0. The van der Waals surface area contributed by atoms with Crippen LogP contribution in [0.2, 0.25) is 0 Å². The highest BCUT2D eigenvalue weighted by Crippen LogP contribution is 2.25. The van der Waals surface area contributed by atoms with Crippen molar-refractivity contribution < 1.29 is 23.6 Å². The van der Waals surface area contributed by atoms with E-state index in [1.807, 2.05) is 36.4 Å². The van der Waals surface area contributed by atoms with E-state index in [4.69, 9.17) is 0 Å². The molecule has 0 aliphatic carbocycles. The van der Waals surface area contributed by atoms with Crippen LogP contribution in [0, 0.1) is 5.82 Å². The van der Waals surface area contributed by atoms with Crippen LogP contribution in [-0.4, -0.2) is 91.2 Å². The second-order valence-corrected chi connectivity index (χ2v) is 12.3. The Labute approximate surface area is 275 Å². The van der Waals surface area contributed by atoms with Crippen LogP contribution in [0.4, 0.5) is 4.39 Å². The molecule has 10 heteroatoms. The zero-order valence-corrected chi connectivity index (χ0v) is 26.8. The molecule has 0 aromatic heterocycles. The van der Waals surface area contributed by atoms with Crippen molar-refractivity contribution in [2.24, 2.45) is 0 Å². The molecule has 3 aromatic carbocycles. The molecule has 3 amide bonds. The number of piperazine rings is 1. The molecular weight excluding hydrogens is 597 g/mol. The fourth-order valence-corrected chi connectivity index (χ4v) is 6.68. The Morgan fingerprint density at radius 2 is 1.87 bits per heavy atom. The van der Waals surface area contributed by atoms with Crippen molar-refractivity contribution in [2.45, 2.75) is 56.7 Å². The molecule has 0 saturated carbocycles. The first-order chi connectivity index (χ1) is 22.9. The van der Waals surface area contributed by atoms with Crippen LogP contribution < -0.4 is 16.0 Å². The number of nitrogens with one attached hydrogen (secondary N) is 3. The fraction of sp³-hybridized carbons (Fsp3) is 0.405. The number of aldehydes is 1. The van der Waals surface area contributed by atoms with Gasteiger partial charge in [0.2, 0.25) is 11.8 Å². The molecule has 9 nitrogen and oxygen atoms in total. The number of hydrogen-bond acceptors (Lipinski definition) is 6. The molecular formula is C37H44FN5O4. The van der Waals surface area contributed by atoms with Crippen LogP contribution in [0.15, 0.2) is 73.3 Å². The predicted molar refractivity (Wildman–Crippen MR) is 180 cm³/mol. The van der Waals surface area contributed by atoms with Gasteiger partial charge in [-0.1, -0.05) is 54.6 Å². The lowest BCUT2D eigenvalue weighted by molar-refractivity contribution is -0.141. The minimum atomic E-state index is -0.824. The quantitative estimate of drug-likeness (QED) is 0.184. The van der Waals surface area contributed by atoms with Gasteiger partial charge in [-0.05, 0) is 66.3 Å². The number of halogens is 1. The SMILES string of the molecule is C=CCNC(=O)c1c(CCN2CCN(C(=O)C(Cc3ccc(F)cc3)NC(=O)C3CCCN3)[C@@H](CCC=O)C2)ccc2ccccc12. The van der Waals surface area contributed by atoms with Crippen molar-refractivity contribution in [3.63, 3.8) is 0 Å². The summed E-state index contributed by atoms with van der Waals surface area (Å²) in [6, 6.07) is 16.5. The van der Waals surface area contributed by atoms with Crippen LogP contribution in [0.1, 0.15) is 47.2 Å². The van der Waals surface area contributed by atoms with Gasteiger partial charge in [0.25, 0.3) is 5.91 Å². The Morgan fingerprint density at radius 3 is 2.62 bits per heavy atom. The highest BCUT2D eigenvalue weighted by atomic mass is 19.1. The molecule has 2 saturated heterocycles. The topological polar surface area (TPSA) is 111 Å². The number of benzene rings is 3. The number of amides is 3. The molecule has 2 fully saturated rings. The summed E-state index contributed by atoms with van der Waals surface area (Å²) < 4.78 is 13.6. The Hall–Kier alpha value is -4.41. The molecule has 47 heavy (non-hydrogen) atoms. The summed E-state index contributed by atoms with van der Waals surface area (Å²) in [7, 11) is 0. The summed E-state index contributed by atoms with van der Waals surface area (Å²) in [5.74, 6) is -0.923. The van der Waals surface area contributed by atoms with Crippen molar-refractivity contribution in [3.8, 4) is 0 Å². The molecule has 2 aliphatic heterocycles. The Kier molecular flexibility index (Phi) is 11.9. The number of fused-ring (bicyclic) bond motifs is 1. The molecule has 2 heterocycles. The molecule has 3 atom stereocenters. The smallest absolute Gasteiger partial charge is 0.252 e. The third-order valence-corrected chi connectivity index (χ3v) is 9.16. The van der Waals surface area contributed by atoms with Crippen LogP contribution >= 0.6 is 0 Å². The van der Waals surface area contributed by atoms with Crippen LogP contribution in [-0.2, 0) is 27.2 Å². The van der Waals surface area contributed by atoms with Crippen LogP contribution in [0.25, 0.3) is 10.8 Å². The average molecular weight is 642 g/mol. The normalized spacial score (nSPS) is 18.9. The van der Waals surface area contributed by atoms with E-state index in [9.17, 15) is 23.6 Å². The Balaban J connectivity index is 1.31. The summed E-state index contributed by atoms with van der Waals surface area (Å²) in [6.45, 7) is 7.11. The van der Waals surface area contributed by atoms with Gasteiger partial charge in [0.05, 0.1) is 11.6 Å². The van der Waals surface area contributed by atoms with E-state index < -0.39 is 6.04 Å². The monoisotopic (exact) mass is 641 g/mol. The molecule has 0 radical (unpaired) electrons. The maximum atomic E-state index is 14.2. The zero-order chi connectivity index (χ0) is 33.2. The zero-order valence-electron chi connectivity index (χ0n) is 26.8. The molecule has 3 N–H and O–H groups in total. The Morgan fingerprint density at radius 1 is 1.06 bits per heavy atom. The van der Waals surface area contributed by atoms with E-state index in [1.165, 1.54) is 12.1 Å². The lowest BCUT2D eigenvalue weighted by Crippen LogP contribution is -2.61. The second kappa shape index (κ2) is 16.4. The first-order valence-corrected chi connectivity index (χ1v) is 16.5. The van der Waals surface area contributed by atoms with Gasteiger partial charge < -0.3 is 25.6 Å². The molecule has 2 aliphatic rings. The predicted octanol–water partition coefficient (Wildman–Crippen LogP) is 3.41. The van der Waals surface area contributed by atoms with Crippen molar-refractivity contribution in [2.75, 3.05) is 39.3 Å². The minimum absolute atomic E-state index is 0.141. The summed E-state index contributed by atoms with van der Waals surface area (Å²) in [5.41, 5.74) is 2.35. The first kappa shape index (κ1) is 33.9. The van der Waals surface area contributed by atoms with Gasteiger partial charge in [-0.2, -0.15) is 0 Å². The van der Waals surface area contributed by atoms with E-state index in [0.717, 1.165) is 41.2 Å². The average Bonchev–Trinajstić information content (AvgIpc) is 3.64. The van der Waals surface area contributed by atoms with E-state index in [0.29, 0.717) is 64.0 Å². The number of carbonyl (C=O) groups excluding carboxylic acids is 4. The maximum absolute atomic E-state index is 14.2. The van der Waals surface area contributed by atoms with Crippen molar-refractivity contribution in [3.05, 3.63) is 95.8 Å². The van der Waals surface area contributed by atoms with E-state index in [2.05, 4.69) is 27.4 Å². The second-order valence-electron chi connectivity index (χ2n) is 12.3. The largest absolute Gasteiger partial charge is 0.349 e. The van der Waals surface area contributed by atoms with Gasteiger partial charge in [-0.3, -0.25) is 19.3 Å². The minimum Gasteiger partial charge on any atom is -0.349 e. The molecule has 3 aromatic rings. The summed E-state index contributed by atoms with van der Waals surface area (Å²) >= 11 is 0. The van der Waals surface area contributed by atoms with E-state index in [1.54, 1.807) is 23.1 Å². The summed E-state index contributed by atoms with van der Waals surface area (Å²) in [4.78, 5) is 56.1. The Bertz CT molecular complexity index is 1570. The molecule has 248 valence electrons. The van der Waals surface area contributed by atoms with Gasteiger partial charge in [0.1, 0.15) is 18.1 Å². The van der Waals surface area contributed by atoms with E-state index >= 15 is 0 Å². The lowest BCUT2D eigenvalue weighted by atomic mass is 9.95. The van der Waals surface area contributed by atoms with Gasteiger partial charge in [0.15, 0.2) is 0 Å². The van der Waals surface area contributed by atoms with Gasteiger partial charge >= 0.3 is 0 Å². The molecule has 5 rings (SSSR count). The van der Waals surface area contributed by atoms with Crippen LogP contribution in [0.3, 0.4) is 0 Å². The number of carbonyl (C=O) groups is 4. The third-order valence-electron chi connectivity index (χ3n) is 9.16. The molecule has 0 spiro atoms. The summed E-state index contributed by atoms with van der Waals surface area (Å²) in [6.07, 6.45) is 5.80. The van der Waals surface area contributed by atoms with Gasteiger partial charge in [0, 0.05) is 51.6 Å². The van der Waals surface area contributed by atoms with Gasteiger partial charge in [-0.25, -0.2) is 4.39 Å². The number of nitrogens with zero attached hydrogens (tertiary/aromatic N) is 2. The third kappa shape index (κ3) is 8.69. The van der Waals surface area contributed by atoms with Gasteiger partial charge in [-0.15, -0.1) is 6.58 Å². The van der Waals surface area contributed by atoms with Crippen molar-refractivity contribution >= 4 is 34.8 Å². The highest BCUT2D eigenvalue weighted by molar-refractivity contribution is 6.08. The van der Waals surface area contributed by atoms with Crippen LogP contribution in [0.5, 0.6) is 0 Å². The molecule has 0 bridgehead atoms. The lowest BCUT2D eigenvalue weighted by Gasteiger charge is -2.43. The van der Waals surface area contributed by atoms with Crippen molar-refractivity contribution in [1.29, 1.82) is 0 Å². The first-order valence-electron chi connectivity index (χ1n) is 16.5. The maximum Gasteiger partial charge on any atom is 0.252 e. The number of hydrogen-bond donors (Lipinski definition) is 3. The number of rotatable bonds is 14. The molecule has 2 unspecified atom stereocenters. The highest BCUT2D eigenvalue weighted by Gasteiger charge is 2.36. The van der Waals surface area contributed by atoms with Crippen molar-refractivity contribution in [1.82, 2.24) is 25.8 Å².